The zero-order valence-corrected chi connectivity index (χ0v) is 24.8. The molecule has 5 N–H and O–H groups in total. The number of rotatable bonds is 13. The number of unbranched alkanes of at least 4 members (excludes halogenated alkanes) is 1. The van der Waals surface area contributed by atoms with E-state index in [0.29, 0.717) is 28.3 Å². The molecule has 4 aromatic rings. The summed E-state index contributed by atoms with van der Waals surface area (Å²) >= 11 is 1.35. The van der Waals surface area contributed by atoms with Gasteiger partial charge in [-0.2, -0.15) is 0 Å². The Hall–Kier alpha value is -4.37. The molecule has 0 saturated heterocycles. The minimum atomic E-state index is -0.854. The summed E-state index contributed by atoms with van der Waals surface area (Å²) in [7, 11) is 0. The summed E-state index contributed by atoms with van der Waals surface area (Å²) in [6.45, 7) is 3.81. The summed E-state index contributed by atoms with van der Waals surface area (Å²) in [5.41, 5.74) is 11.3. The van der Waals surface area contributed by atoms with Crippen molar-refractivity contribution in [3.05, 3.63) is 95.6 Å². The first-order valence-electron chi connectivity index (χ1n) is 14.1. The molecule has 4 rings (SSSR count). The Bertz CT molecular complexity index is 1540. The molecule has 1 aromatic heterocycles. The SMILES string of the molecule is CCCCc1ccc2nc(-c3ccccc3)cc(C(=O)NC(CSCNC(C)=O)C(=O)NCc3ccccc3N)c2c1. The van der Waals surface area contributed by atoms with Gasteiger partial charge in [-0.1, -0.05) is 67.9 Å². The van der Waals surface area contributed by atoms with E-state index >= 15 is 0 Å². The van der Waals surface area contributed by atoms with Gasteiger partial charge < -0.3 is 21.7 Å². The highest BCUT2D eigenvalue weighted by molar-refractivity contribution is 7.99. The van der Waals surface area contributed by atoms with Crippen LogP contribution in [0.4, 0.5) is 5.69 Å². The molecule has 218 valence electrons. The van der Waals surface area contributed by atoms with Gasteiger partial charge in [0.2, 0.25) is 11.8 Å². The number of pyridine rings is 1. The molecule has 0 fully saturated rings. The molecular weight excluding hydrogens is 546 g/mol. The molecule has 0 spiro atoms. The molecule has 0 aliphatic heterocycles. The molecule has 1 atom stereocenters. The number of nitrogens with two attached hydrogens (primary N) is 1. The van der Waals surface area contributed by atoms with E-state index in [9.17, 15) is 14.4 Å². The van der Waals surface area contributed by atoms with E-state index in [2.05, 4.69) is 28.9 Å². The number of thioether (sulfide) groups is 1. The largest absolute Gasteiger partial charge is 0.398 e. The van der Waals surface area contributed by atoms with Gasteiger partial charge in [-0.15, -0.1) is 11.8 Å². The fraction of sp³-hybridized carbons (Fsp3) is 0.273. The van der Waals surface area contributed by atoms with E-state index in [0.717, 1.165) is 41.3 Å². The Morgan fingerprint density at radius 1 is 0.952 bits per heavy atom. The van der Waals surface area contributed by atoms with Gasteiger partial charge in [-0.25, -0.2) is 4.98 Å². The Labute approximate surface area is 250 Å². The summed E-state index contributed by atoms with van der Waals surface area (Å²) in [5, 5.41) is 9.32. The number of nitrogens with zero attached hydrogens (tertiary/aromatic N) is 1. The van der Waals surface area contributed by atoms with Gasteiger partial charge in [0, 0.05) is 35.9 Å². The van der Waals surface area contributed by atoms with E-state index in [-0.39, 0.29) is 30.0 Å². The monoisotopic (exact) mass is 583 g/mol. The van der Waals surface area contributed by atoms with Crippen LogP contribution in [0.3, 0.4) is 0 Å². The fourth-order valence-electron chi connectivity index (χ4n) is 4.50. The maximum Gasteiger partial charge on any atom is 0.252 e. The molecule has 0 aliphatic carbocycles. The van der Waals surface area contributed by atoms with Crippen LogP contribution in [0.25, 0.3) is 22.2 Å². The van der Waals surface area contributed by atoms with Crippen molar-refractivity contribution < 1.29 is 14.4 Å². The van der Waals surface area contributed by atoms with Crippen molar-refractivity contribution in [2.24, 2.45) is 0 Å². The van der Waals surface area contributed by atoms with Crippen LogP contribution < -0.4 is 21.7 Å². The van der Waals surface area contributed by atoms with Crippen LogP contribution in [-0.2, 0) is 22.6 Å². The second-order valence-corrected chi connectivity index (χ2v) is 11.1. The first kappa shape index (κ1) is 30.6. The quantitative estimate of drug-likeness (QED) is 0.0990. The summed E-state index contributed by atoms with van der Waals surface area (Å²) in [4.78, 5) is 43.5. The second kappa shape index (κ2) is 15.0. The number of hydrogen-bond acceptors (Lipinski definition) is 6. The Morgan fingerprint density at radius 3 is 2.45 bits per heavy atom. The van der Waals surface area contributed by atoms with Crippen LogP contribution in [0.5, 0.6) is 0 Å². The molecular formula is C33H37N5O3S. The van der Waals surface area contributed by atoms with Gasteiger partial charge in [-0.3, -0.25) is 14.4 Å². The summed E-state index contributed by atoms with van der Waals surface area (Å²) < 4.78 is 0. The molecule has 0 saturated carbocycles. The van der Waals surface area contributed by atoms with Crippen molar-refractivity contribution in [1.82, 2.24) is 20.9 Å². The summed E-state index contributed by atoms with van der Waals surface area (Å²) in [5.74, 6) is -0.294. The molecule has 8 nitrogen and oxygen atoms in total. The number of anilines is 1. The van der Waals surface area contributed by atoms with Gasteiger partial charge in [0.1, 0.15) is 6.04 Å². The third kappa shape index (κ3) is 8.33. The first-order chi connectivity index (χ1) is 20.4. The third-order valence-electron chi connectivity index (χ3n) is 6.84. The van der Waals surface area contributed by atoms with E-state index in [1.807, 2.05) is 60.7 Å². The molecule has 9 heteroatoms. The summed E-state index contributed by atoms with van der Waals surface area (Å²) in [6.07, 6.45) is 3.02. The molecule has 0 radical (unpaired) electrons. The van der Waals surface area contributed by atoms with Crippen LogP contribution in [-0.4, -0.2) is 40.4 Å². The number of hydrogen-bond donors (Lipinski definition) is 4. The molecule has 0 bridgehead atoms. The molecule has 3 amide bonds. The standard InChI is InChI=1S/C33H37N5O3S/c1-3-4-10-23-15-16-29-26(17-23)27(18-30(37-29)24-11-6-5-7-12-24)32(40)38-31(20-42-21-36-22(2)39)33(41)35-19-25-13-8-9-14-28(25)34/h5-9,11-18,31H,3-4,10,19-21,34H2,1-2H3,(H,35,41)(H,36,39)(H,38,40). The minimum Gasteiger partial charge on any atom is -0.398 e. The van der Waals surface area contributed by atoms with Crippen LogP contribution in [0.1, 0.15) is 48.2 Å². The summed E-state index contributed by atoms with van der Waals surface area (Å²) in [6, 6.07) is 24.0. The van der Waals surface area contributed by atoms with E-state index in [4.69, 9.17) is 10.7 Å². The van der Waals surface area contributed by atoms with Crippen molar-refractivity contribution in [3.8, 4) is 11.3 Å². The highest BCUT2D eigenvalue weighted by atomic mass is 32.2. The van der Waals surface area contributed by atoms with Crippen LogP contribution in [0, 0.1) is 0 Å². The smallest absolute Gasteiger partial charge is 0.252 e. The average Bonchev–Trinajstić information content (AvgIpc) is 3.00. The normalized spacial score (nSPS) is 11.6. The number of nitrogen functional groups attached to an aromatic ring is 1. The van der Waals surface area contributed by atoms with Gasteiger partial charge in [0.25, 0.3) is 5.91 Å². The predicted molar refractivity (Wildman–Crippen MR) is 171 cm³/mol. The molecule has 0 aliphatic rings. The van der Waals surface area contributed by atoms with E-state index in [1.54, 1.807) is 12.1 Å². The minimum absolute atomic E-state index is 0.164. The molecule has 3 aromatic carbocycles. The number of carbonyl (C=O) groups is 3. The lowest BCUT2D eigenvalue weighted by Gasteiger charge is -2.20. The van der Waals surface area contributed by atoms with Crippen molar-refractivity contribution in [2.75, 3.05) is 17.4 Å². The Kier molecular flexibility index (Phi) is 10.9. The van der Waals surface area contributed by atoms with Gasteiger partial charge in [0.15, 0.2) is 0 Å². The predicted octanol–water partition coefficient (Wildman–Crippen LogP) is 5.07. The van der Waals surface area contributed by atoms with Crippen LogP contribution in [0.2, 0.25) is 0 Å². The lowest BCUT2D eigenvalue weighted by Crippen LogP contribution is -2.48. The maximum atomic E-state index is 13.9. The number of aromatic nitrogens is 1. The van der Waals surface area contributed by atoms with Crippen molar-refractivity contribution in [3.63, 3.8) is 0 Å². The van der Waals surface area contributed by atoms with Crippen molar-refractivity contribution in [1.29, 1.82) is 0 Å². The van der Waals surface area contributed by atoms with Gasteiger partial charge >= 0.3 is 0 Å². The fourth-order valence-corrected chi connectivity index (χ4v) is 5.40. The number of amides is 3. The van der Waals surface area contributed by atoms with E-state index in [1.165, 1.54) is 18.7 Å². The van der Waals surface area contributed by atoms with Crippen LogP contribution >= 0.6 is 11.8 Å². The van der Waals surface area contributed by atoms with Gasteiger partial charge in [0.05, 0.1) is 22.7 Å². The van der Waals surface area contributed by atoms with E-state index < -0.39 is 6.04 Å². The molecule has 42 heavy (non-hydrogen) atoms. The van der Waals surface area contributed by atoms with Crippen molar-refractivity contribution in [2.45, 2.75) is 45.7 Å². The lowest BCUT2D eigenvalue weighted by atomic mass is 9.99. The highest BCUT2D eigenvalue weighted by Crippen LogP contribution is 2.26. The third-order valence-corrected chi connectivity index (χ3v) is 7.76. The zero-order chi connectivity index (χ0) is 29.9. The number of nitrogens with one attached hydrogen (secondary N) is 3. The molecule has 1 heterocycles. The number of para-hydroxylation sites is 1. The number of carbonyl (C=O) groups excluding carboxylic acids is 3. The number of benzene rings is 3. The molecule has 1 unspecified atom stereocenters. The Balaban J connectivity index is 1.64. The topological polar surface area (TPSA) is 126 Å². The van der Waals surface area contributed by atoms with Gasteiger partial charge in [-0.05, 0) is 48.2 Å². The highest BCUT2D eigenvalue weighted by Gasteiger charge is 2.24. The lowest BCUT2D eigenvalue weighted by molar-refractivity contribution is -0.122. The Morgan fingerprint density at radius 2 is 1.71 bits per heavy atom. The first-order valence-corrected chi connectivity index (χ1v) is 15.2. The second-order valence-electron chi connectivity index (χ2n) is 10.1. The maximum absolute atomic E-state index is 13.9. The number of fused-ring (bicyclic) bond motifs is 1. The zero-order valence-electron chi connectivity index (χ0n) is 24.0. The average molecular weight is 584 g/mol. The van der Waals surface area contributed by atoms with Crippen LogP contribution in [0.15, 0.2) is 78.9 Å². The number of aryl methyl sites for hydroxylation is 1. The van der Waals surface area contributed by atoms with Crippen molar-refractivity contribution >= 4 is 46.1 Å².